The van der Waals surface area contributed by atoms with Crippen LogP contribution in [0.5, 0.6) is 0 Å². The third kappa shape index (κ3) is 2.78. The molecule has 1 saturated carbocycles. The first-order chi connectivity index (χ1) is 9.06. The summed E-state index contributed by atoms with van der Waals surface area (Å²) in [6.45, 7) is 2.64. The number of carbonyl (C=O) groups is 1. The number of hydrogen-bond acceptors (Lipinski definition) is 3. The number of aryl methyl sites for hydroxylation is 2. The number of amides is 1. The van der Waals surface area contributed by atoms with Crippen molar-refractivity contribution >= 4 is 23.1 Å². The fraction of sp³-hybridized carbons (Fsp3) is 0.615. The second-order valence-corrected chi connectivity index (χ2v) is 5.62. The standard InChI is InChI=1S/C13H20N4OS/c1-9-10(8-16-17-9)4-2-7-15-12(18)13(11(14)19)5-3-6-13/h8H,2-7H2,1H3,(H2,14,19)(H,15,18)(H,16,17). The predicted octanol–water partition coefficient (Wildman–Crippen LogP) is 1.22. The Morgan fingerprint density at radius 2 is 2.37 bits per heavy atom. The van der Waals surface area contributed by atoms with Gasteiger partial charge in [0.2, 0.25) is 5.91 Å². The van der Waals surface area contributed by atoms with E-state index in [1.807, 2.05) is 13.1 Å². The van der Waals surface area contributed by atoms with E-state index < -0.39 is 5.41 Å². The largest absolute Gasteiger partial charge is 0.392 e. The average Bonchev–Trinajstić information content (AvgIpc) is 2.68. The normalized spacial score (nSPS) is 16.7. The maximum atomic E-state index is 12.1. The molecule has 1 aliphatic carbocycles. The third-order valence-electron chi connectivity index (χ3n) is 3.96. The van der Waals surface area contributed by atoms with Crippen molar-refractivity contribution in [3.8, 4) is 0 Å². The summed E-state index contributed by atoms with van der Waals surface area (Å²) in [5.74, 6) is -0.00448. The molecule has 4 N–H and O–H groups in total. The number of nitrogens with one attached hydrogen (secondary N) is 2. The Hall–Kier alpha value is -1.43. The summed E-state index contributed by atoms with van der Waals surface area (Å²) in [4.78, 5) is 12.5. The molecule has 0 spiro atoms. The lowest BCUT2D eigenvalue weighted by Gasteiger charge is -2.39. The summed E-state index contributed by atoms with van der Waals surface area (Å²) in [5.41, 5.74) is 7.41. The summed E-state index contributed by atoms with van der Waals surface area (Å²) in [6, 6.07) is 0. The van der Waals surface area contributed by atoms with Crippen LogP contribution >= 0.6 is 12.2 Å². The molecule has 0 saturated heterocycles. The van der Waals surface area contributed by atoms with Crippen molar-refractivity contribution in [3.63, 3.8) is 0 Å². The van der Waals surface area contributed by atoms with E-state index in [4.69, 9.17) is 18.0 Å². The van der Waals surface area contributed by atoms with Gasteiger partial charge in [-0.2, -0.15) is 5.10 Å². The van der Waals surface area contributed by atoms with Crippen LogP contribution in [0, 0.1) is 12.3 Å². The number of nitrogens with two attached hydrogens (primary N) is 1. The van der Waals surface area contributed by atoms with E-state index >= 15 is 0 Å². The zero-order valence-electron chi connectivity index (χ0n) is 11.2. The van der Waals surface area contributed by atoms with Gasteiger partial charge in [-0.3, -0.25) is 9.89 Å². The first-order valence-corrected chi connectivity index (χ1v) is 7.04. The highest BCUT2D eigenvalue weighted by Gasteiger charge is 2.46. The highest BCUT2D eigenvalue weighted by atomic mass is 32.1. The number of nitrogens with zero attached hydrogens (tertiary/aromatic N) is 1. The lowest BCUT2D eigenvalue weighted by Crippen LogP contribution is -2.53. The Morgan fingerprint density at radius 3 is 2.84 bits per heavy atom. The van der Waals surface area contributed by atoms with Crippen molar-refractivity contribution in [3.05, 3.63) is 17.5 Å². The number of carbonyl (C=O) groups excluding carboxylic acids is 1. The Morgan fingerprint density at radius 1 is 1.63 bits per heavy atom. The Balaban J connectivity index is 1.75. The van der Waals surface area contributed by atoms with Gasteiger partial charge in [0.1, 0.15) is 0 Å². The van der Waals surface area contributed by atoms with Gasteiger partial charge in [-0.1, -0.05) is 18.6 Å². The first-order valence-electron chi connectivity index (χ1n) is 6.63. The van der Waals surface area contributed by atoms with Gasteiger partial charge in [0.05, 0.1) is 16.6 Å². The van der Waals surface area contributed by atoms with Crippen LogP contribution in [0.4, 0.5) is 0 Å². The highest BCUT2D eigenvalue weighted by Crippen LogP contribution is 2.41. The predicted molar refractivity (Wildman–Crippen MR) is 77.7 cm³/mol. The minimum atomic E-state index is -0.569. The van der Waals surface area contributed by atoms with Crippen LogP contribution in [0.25, 0.3) is 0 Å². The van der Waals surface area contributed by atoms with Crippen molar-refractivity contribution < 1.29 is 4.79 Å². The van der Waals surface area contributed by atoms with E-state index in [2.05, 4.69) is 15.5 Å². The lowest BCUT2D eigenvalue weighted by molar-refractivity contribution is -0.130. The van der Waals surface area contributed by atoms with Crippen molar-refractivity contribution in [2.75, 3.05) is 6.54 Å². The average molecular weight is 280 g/mol. The quantitative estimate of drug-likeness (QED) is 0.540. The Bertz CT molecular complexity index is 479. The number of aromatic amines is 1. The molecule has 6 heteroatoms. The second-order valence-electron chi connectivity index (χ2n) is 5.18. The van der Waals surface area contributed by atoms with Gasteiger partial charge < -0.3 is 11.1 Å². The number of thiocarbonyl (C=S) groups is 1. The van der Waals surface area contributed by atoms with Crippen molar-refractivity contribution in [2.24, 2.45) is 11.1 Å². The van der Waals surface area contributed by atoms with E-state index in [-0.39, 0.29) is 5.91 Å². The molecule has 1 aliphatic rings. The van der Waals surface area contributed by atoms with Gasteiger partial charge in [0.15, 0.2) is 0 Å². The summed E-state index contributed by atoms with van der Waals surface area (Å²) in [5, 5.41) is 9.83. The molecule has 0 atom stereocenters. The van der Waals surface area contributed by atoms with E-state index in [1.165, 1.54) is 5.56 Å². The monoisotopic (exact) mass is 280 g/mol. The molecule has 0 aliphatic heterocycles. The lowest BCUT2D eigenvalue weighted by atomic mass is 9.68. The Kier molecular flexibility index (Phi) is 4.19. The molecule has 1 fully saturated rings. The van der Waals surface area contributed by atoms with Crippen molar-refractivity contribution in [2.45, 2.75) is 39.0 Å². The topological polar surface area (TPSA) is 83.8 Å². The number of rotatable bonds is 6. The third-order valence-corrected chi connectivity index (χ3v) is 4.35. The zero-order valence-corrected chi connectivity index (χ0v) is 12.0. The first kappa shape index (κ1) is 14.0. The molecule has 1 heterocycles. The number of aromatic nitrogens is 2. The van der Waals surface area contributed by atoms with Crippen LogP contribution in [0.3, 0.4) is 0 Å². The molecule has 19 heavy (non-hydrogen) atoms. The summed E-state index contributed by atoms with van der Waals surface area (Å²) < 4.78 is 0. The SMILES string of the molecule is Cc1[nH]ncc1CCCNC(=O)C1(C(N)=S)CCC1. The van der Waals surface area contributed by atoms with Gasteiger partial charge in [-0.05, 0) is 38.2 Å². The van der Waals surface area contributed by atoms with Gasteiger partial charge in [0.25, 0.3) is 0 Å². The summed E-state index contributed by atoms with van der Waals surface area (Å²) >= 11 is 5.02. The smallest absolute Gasteiger partial charge is 0.233 e. The van der Waals surface area contributed by atoms with E-state index in [0.29, 0.717) is 11.5 Å². The highest BCUT2D eigenvalue weighted by molar-refractivity contribution is 7.80. The molecule has 1 aromatic heterocycles. The molecule has 1 amide bonds. The number of H-pyrrole nitrogens is 1. The van der Waals surface area contributed by atoms with Crippen LogP contribution in [0.2, 0.25) is 0 Å². The molecule has 5 nitrogen and oxygen atoms in total. The molecule has 0 unspecified atom stereocenters. The van der Waals surface area contributed by atoms with E-state index in [9.17, 15) is 4.79 Å². The van der Waals surface area contributed by atoms with Crippen LogP contribution < -0.4 is 11.1 Å². The van der Waals surface area contributed by atoms with Gasteiger partial charge in [0, 0.05) is 12.2 Å². The maximum Gasteiger partial charge on any atom is 0.233 e. The van der Waals surface area contributed by atoms with E-state index in [1.54, 1.807) is 0 Å². The fourth-order valence-electron chi connectivity index (χ4n) is 2.39. The molecular formula is C13H20N4OS. The molecule has 0 aromatic carbocycles. The second kappa shape index (κ2) is 5.69. The maximum absolute atomic E-state index is 12.1. The molecule has 2 rings (SSSR count). The summed E-state index contributed by atoms with van der Waals surface area (Å²) in [7, 11) is 0. The van der Waals surface area contributed by atoms with Crippen LogP contribution in [0.15, 0.2) is 6.20 Å². The number of hydrogen-bond donors (Lipinski definition) is 3. The van der Waals surface area contributed by atoms with Crippen LogP contribution in [-0.2, 0) is 11.2 Å². The minimum Gasteiger partial charge on any atom is -0.392 e. The minimum absolute atomic E-state index is 0.00448. The zero-order chi connectivity index (χ0) is 13.9. The van der Waals surface area contributed by atoms with Crippen LogP contribution in [0.1, 0.15) is 36.9 Å². The van der Waals surface area contributed by atoms with Crippen LogP contribution in [-0.4, -0.2) is 27.6 Å². The fourth-order valence-corrected chi connectivity index (χ4v) is 2.69. The molecule has 0 bridgehead atoms. The molecular weight excluding hydrogens is 260 g/mol. The van der Waals surface area contributed by atoms with Crippen molar-refractivity contribution in [1.29, 1.82) is 0 Å². The van der Waals surface area contributed by atoms with E-state index in [0.717, 1.165) is 37.8 Å². The van der Waals surface area contributed by atoms with Gasteiger partial charge >= 0.3 is 0 Å². The Labute approximate surface area is 118 Å². The van der Waals surface area contributed by atoms with Gasteiger partial charge in [-0.15, -0.1) is 0 Å². The summed E-state index contributed by atoms with van der Waals surface area (Å²) in [6.07, 6.45) is 6.23. The molecule has 0 radical (unpaired) electrons. The molecule has 1 aromatic rings. The molecule has 104 valence electrons. The van der Waals surface area contributed by atoms with Gasteiger partial charge in [-0.25, -0.2) is 0 Å². The van der Waals surface area contributed by atoms with Crippen molar-refractivity contribution in [1.82, 2.24) is 15.5 Å².